The Morgan fingerprint density at radius 2 is 1.57 bits per heavy atom. The van der Waals surface area contributed by atoms with E-state index in [0.29, 0.717) is 0 Å². The lowest BCUT2D eigenvalue weighted by atomic mass is 10.1. The molecule has 0 radical (unpaired) electrons. The van der Waals surface area contributed by atoms with Crippen molar-refractivity contribution in [3.8, 4) is 0 Å². The first-order valence-electron chi connectivity index (χ1n) is 5.41. The summed E-state index contributed by atoms with van der Waals surface area (Å²) in [7, 11) is 0. The second-order valence-corrected chi connectivity index (χ2v) is 4.12. The molecular weight excluding hydrogens is 219 g/mol. The predicted molar refractivity (Wildman–Crippen MR) is 65.6 cm³/mol. The van der Waals surface area contributed by atoms with E-state index in [1.54, 1.807) is 0 Å². The average molecular weight is 241 g/mol. The van der Waals surface area contributed by atoms with Gasteiger partial charge in [0.1, 0.15) is 0 Å². The molecule has 86 valence electrons. The highest BCUT2D eigenvalue weighted by Gasteiger charge is 2.21. The van der Waals surface area contributed by atoms with Crippen molar-refractivity contribution in [1.29, 1.82) is 0 Å². The Balaban J connectivity index is 0.000000845. The van der Waals surface area contributed by atoms with Gasteiger partial charge in [-0.2, -0.15) is 0 Å². The molecule has 1 heterocycles. The van der Waals surface area contributed by atoms with Gasteiger partial charge in [-0.15, -0.1) is 24.8 Å². The maximum Gasteiger partial charge on any atom is 0.0484 e. The topological polar surface area (TPSA) is 15.3 Å². The molecule has 2 nitrogen and oxygen atoms in total. The summed E-state index contributed by atoms with van der Waals surface area (Å²) in [5.74, 6) is 0. The van der Waals surface area contributed by atoms with Crippen molar-refractivity contribution in [3.05, 3.63) is 0 Å². The summed E-state index contributed by atoms with van der Waals surface area (Å²) in [5, 5.41) is 3.42. The lowest BCUT2D eigenvalue weighted by molar-refractivity contribution is 0.219. The van der Waals surface area contributed by atoms with Crippen molar-refractivity contribution in [3.63, 3.8) is 0 Å². The lowest BCUT2D eigenvalue weighted by Crippen LogP contribution is -2.33. The third kappa shape index (κ3) is 3.93. The van der Waals surface area contributed by atoms with Gasteiger partial charge < -0.3 is 5.32 Å². The molecule has 1 saturated carbocycles. The van der Waals surface area contributed by atoms with Crippen molar-refractivity contribution < 1.29 is 0 Å². The van der Waals surface area contributed by atoms with Gasteiger partial charge >= 0.3 is 0 Å². The standard InChI is InChI=1S/C10H20N2.2ClH/c1-2-4-6-10(5-3-1)12-8-7-11-9-12;;/h10-11H,1-9H2;2*1H. The summed E-state index contributed by atoms with van der Waals surface area (Å²) < 4.78 is 0. The second kappa shape index (κ2) is 7.75. The Morgan fingerprint density at radius 3 is 2.07 bits per heavy atom. The molecule has 2 aliphatic rings. The minimum atomic E-state index is 0. The Hall–Kier alpha value is 0.500. The highest BCUT2D eigenvalue weighted by molar-refractivity contribution is 5.85. The van der Waals surface area contributed by atoms with Crippen molar-refractivity contribution in [2.75, 3.05) is 19.8 Å². The SMILES string of the molecule is C1CCCC(N2CCNC2)CC1.Cl.Cl. The fourth-order valence-electron chi connectivity index (χ4n) is 2.46. The highest BCUT2D eigenvalue weighted by Crippen LogP contribution is 2.21. The van der Waals surface area contributed by atoms with E-state index in [2.05, 4.69) is 10.2 Å². The van der Waals surface area contributed by atoms with E-state index in [1.165, 1.54) is 51.6 Å². The minimum Gasteiger partial charge on any atom is -0.303 e. The van der Waals surface area contributed by atoms with Crippen LogP contribution >= 0.6 is 24.8 Å². The van der Waals surface area contributed by atoms with Crippen LogP contribution in [0.1, 0.15) is 38.5 Å². The first-order valence-corrected chi connectivity index (χ1v) is 5.41. The van der Waals surface area contributed by atoms with Crippen LogP contribution in [0.25, 0.3) is 0 Å². The molecule has 0 atom stereocenters. The van der Waals surface area contributed by atoms with Gasteiger partial charge in [0.15, 0.2) is 0 Å². The van der Waals surface area contributed by atoms with Crippen LogP contribution < -0.4 is 5.32 Å². The summed E-state index contributed by atoms with van der Waals surface area (Å²) in [4.78, 5) is 2.63. The zero-order valence-electron chi connectivity index (χ0n) is 8.71. The maximum absolute atomic E-state index is 3.42. The third-order valence-electron chi connectivity index (χ3n) is 3.23. The molecular formula is C10H22Cl2N2. The Bertz CT molecular complexity index is 130. The number of rotatable bonds is 1. The van der Waals surface area contributed by atoms with Crippen LogP contribution in [0, 0.1) is 0 Å². The molecule has 0 aromatic carbocycles. The van der Waals surface area contributed by atoms with Crippen LogP contribution in [-0.2, 0) is 0 Å². The summed E-state index contributed by atoms with van der Waals surface area (Å²) in [5.41, 5.74) is 0. The Morgan fingerprint density at radius 1 is 0.929 bits per heavy atom. The Kier molecular flexibility index (Phi) is 8.02. The molecule has 2 rings (SSSR count). The molecule has 0 amide bonds. The molecule has 1 aliphatic heterocycles. The normalized spacial score (nSPS) is 24.9. The van der Waals surface area contributed by atoms with Gasteiger partial charge in [0, 0.05) is 25.8 Å². The van der Waals surface area contributed by atoms with Crippen LogP contribution in [0.3, 0.4) is 0 Å². The van der Waals surface area contributed by atoms with Crippen molar-refractivity contribution in [1.82, 2.24) is 10.2 Å². The second-order valence-electron chi connectivity index (χ2n) is 4.12. The van der Waals surface area contributed by atoms with E-state index < -0.39 is 0 Å². The van der Waals surface area contributed by atoms with Crippen LogP contribution in [0.4, 0.5) is 0 Å². The first-order chi connectivity index (χ1) is 5.97. The smallest absolute Gasteiger partial charge is 0.0484 e. The average Bonchev–Trinajstić information content (AvgIpc) is 2.48. The zero-order valence-corrected chi connectivity index (χ0v) is 10.3. The molecule has 0 unspecified atom stereocenters. The van der Waals surface area contributed by atoms with Gasteiger partial charge in [-0.1, -0.05) is 25.7 Å². The molecule has 0 spiro atoms. The van der Waals surface area contributed by atoms with Gasteiger partial charge in [0.05, 0.1) is 0 Å². The summed E-state index contributed by atoms with van der Waals surface area (Å²) in [6, 6.07) is 0.905. The number of hydrogen-bond donors (Lipinski definition) is 1. The van der Waals surface area contributed by atoms with Gasteiger partial charge in [-0.25, -0.2) is 0 Å². The van der Waals surface area contributed by atoms with Gasteiger partial charge in [0.25, 0.3) is 0 Å². The van der Waals surface area contributed by atoms with E-state index in [4.69, 9.17) is 0 Å². The molecule has 0 bridgehead atoms. The van der Waals surface area contributed by atoms with Gasteiger partial charge in [0.2, 0.25) is 0 Å². The fraction of sp³-hybridized carbons (Fsp3) is 1.00. The summed E-state index contributed by atoms with van der Waals surface area (Å²) in [6.07, 6.45) is 8.75. The zero-order chi connectivity index (χ0) is 8.23. The van der Waals surface area contributed by atoms with E-state index in [9.17, 15) is 0 Å². The highest BCUT2D eigenvalue weighted by atomic mass is 35.5. The molecule has 4 heteroatoms. The summed E-state index contributed by atoms with van der Waals surface area (Å²) >= 11 is 0. The number of nitrogens with zero attached hydrogens (tertiary/aromatic N) is 1. The molecule has 0 aromatic heterocycles. The van der Waals surface area contributed by atoms with Crippen molar-refractivity contribution in [2.24, 2.45) is 0 Å². The monoisotopic (exact) mass is 240 g/mol. The predicted octanol–water partition coefficient (Wildman–Crippen LogP) is 2.42. The largest absolute Gasteiger partial charge is 0.303 e. The van der Waals surface area contributed by atoms with Gasteiger partial charge in [-0.05, 0) is 12.8 Å². The summed E-state index contributed by atoms with van der Waals surface area (Å²) in [6.45, 7) is 3.63. The molecule has 2 fully saturated rings. The number of nitrogens with one attached hydrogen (secondary N) is 1. The quantitative estimate of drug-likeness (QED) is 0.709. The van der Waals surface area contributed by atoms with Crippen LogP contribution in [0.5, 0.6) is 0 Å². The lowest BCUT2D eigenvalue weighted by Gasteiger charge is -2.25. The van der Waals surface area contributed by atoms with E-state index in [-0.39, 0.29) is 24.8 Å². The molecule has 1 saturated heterocycles. The first kappa shape index (κ1) is 14.5. The molecule has 1 N–H and O–H groups in total. The number of hydrogen-bond acceptors (Lipinski definition) is 2. The van der Waals surface area contributed by atoms with E-state index >= 15 is 0 Å². The van der Waals surface area contributed by atoms with Crippen LogP contribution in [0.2, 0.25) is 0 Å². The van der Waals surface area contributed by atoms with E-state index in [1.807, 2.05) is 0 Å². The fourth-order valence-corrected chi connectivity index (χ4v) is 2.46. The maximum atomic E-state index is 3.42. The van der Waals surface area contributed by atoms with Crippen molar-refractivity contribution in [2.45, 2.75) is 44.6 Å². The van der Waals surface area contributed by atoms with Crippen LogP contribution in [0.15, 0.2) is 0 Å². The molecule has 14 heavy (non-hydrogen) atoms. The van der Waals surface area contributed by atoms with Crippen LogP contribution in [-0.4, -0.2) is 30.7 Å². The van der Waals surface area contributed by atoms with E-state index in [0.717, 1.165) is 12.7 Å². The molecule has 0 aromatic rings. The number of halogens is 2. The molecule has 1 aliphatic carbocycles. The Labute approximate surface area is 99.6 Å². The van der Waals surface area contributed by atoms with Gasteiger partial charge in [-0.3, -0.25) is 4.90 Å². The third-order valence-corrected chi connectivity index (χ3v) is 3.23. The van der Waals surface area contributed by atoms with Crippen molar-refractivity contribution >= 4 is 24.8 Å². The minimum absolute atomic E-state index is 0.